The molecule has 5 N–H and O–H groups in total. The van der Waals surface area contributed by atoms with E-state index in [0.717, 1.165) is 11.3 Å². The molecule has 2 aromatic heterocycles. The highest BCUT2D eigenvalue weighted by molar-refractivity contribution is 5.95. The Bertz CT molecular complexity index is 630. The van der Waals surface area contributed by atoms with Crippen LogP contribution in [-0.2, 0) is 12.7 Å². The molecule has 0 spiro atoms. The number of fused-ring (bicyclic) bond motifs is 1. The van der Waals surface area contributed by atoms with Crippen LogP contribution in [0.1, 0.15) is 11.3 Å². The van der Waals surface area contributed by atoms with Crippen molar-refractivity contribution >= 4 is 11.6 Å². The third-order valence-corrected chi connectivity index (χ3v) is 2.89. The summed E-state index contributed by atoms with van der Waals surface area (Å²) < 4.78 is 1.82. The average Bonchev–Trinajstić information content (AvgIpc) is 2.76. The Morgan fingerprint density at radius 2 is 2.28 bits per heavy atom. The van der Waals surface area contributed by atoms with Crippen molar-refractivity contribution in [2.45, 2.75) is 5.66 Å². The fourth-order valence-corrected chi connectivity index (χ4v) is 2.05. The van der Waals surface area contributed by atoms with Crippen LogP contribution in [0.5, 0.6) is 0 Å². The molecule has 0 bridgehead atoms. The smallest absolute Gasteiger partial charge is 0.195 e. The quantitative estimate of drug-likeness (QED) is 0.638. The summed E-state index contributed by atoms with van der Waals surface area (Å²) in [4.78, 5) is 12.6. The van der Waals surface area contributed by atoms with E-state index >= 15 is 0 Å². The van der Waals surface area contributed by atoms with Crippen LogP contribution >= 0.6 is 0 Å². The molecule has 1 atom stereocenters. The molecule has 7 nitrogen and oxygen atoms in total. The number of pyridine rings is 1. The van der Waals surface area contributed by atoms with Gasteiger partial charge in [-0.25, -0.2) is 9.98 Å². The summed E-state index contributed by atoms with van der Waals surface area (Å²) in [6.45, 7) is 0. The van der Waals surface area contributed by atoms with Gasteiger partial charge in [0.25, 0.3) is 0 Å². The van der Waals surface area contributed by atoms with Gasteiger partial charge in [-0.05, 0) is 6.07 Å². The number of guanidine groups is 1. The second kappa shape index (κ2) is 3.54. The number of rotatable bonds is 1. The number of aryl methyl sites for hydroxylation is 1. The molecule has 0 aromatic carbocycles. The van der Waals surface area contributed by atoms with Gasteiger partial charge in [0, 0.05) is 25.0 Å². The number of aliphatic imine (C=N–C) groups is 1. The lowest BCUT2D eigenvalue weighted by molar-refractivity contribution is 0.549. The highest BCUT2D eigenvalue weighted by Gasteiger charge is 2.37. The van der Waals surface area contributed by atoms with Crippen LogP contribution in [0.3, 0.4) is 0 Å². The number of imidazole rings is 1. The van der Waals surface area contributed by atoms with E-state index in [1.54, 1.807) is 18.7 Å². The highest BCUT2D eigenvalue weighted by Crippen LogP contribution is 2.34. The van der Waals surface area contributed by atoms with E-state index in [2.05, 4.69) is 20.3 Å². The van der Waals surface area contributed by atoms with E-state index < -0.39 is 5.66 Å². The second-order valence-electron chi connectivity index (χ2n) is 4.23. The van der Waals surface area contributed by atoms with Crippen LogP contribution in [-0.4, -0.2) is 20.5 Å². The maximum atomic E-state index is 6.38. The molecule has 0 saturated heterocycles. The van der Waals surface area contributed by atoms with Gasteiger partial charge in [0.15, 0.2) is 11.6 Å². The largest absolute Gasteiger partial charge is 0.370 e. The molecule has 3 rings (SSSR count). The molecular formula is C11H13N7. The molecular weight excluding hydrogens is 230 g/mol. The predicted octanol–water partition coefficient (Wildman–Crippen LogP) is -0.285. The molecule has 1 aliphatic heterocycles. The van der Waals surface area contributed by atoms with Crippen molar-refractivity contribution in [2.75, 3.05) is 5.32 Å². The van der Waals surface area contributed by atoms with E-state index in [-0.39, 0.29) is 5.96 Å². The molecule has 0 aliphatic carbocycles. The van der Waals surface area contributed by atoms with Gasteiger partial charge < -0.3 is 15.6 Å². The third kappa shape index (κ3) is 1.45. The molecule has 0 saturated carbocycles. The number of aromatic nitrogens is 3. The van der Waals surface area contributed by atoms with Gasteiger partial charge in [-0.3, -0.25) is 10.7 Å². The summed E-state index contributed by atoms with van der Waals surface area (Å²) in [6.07, 6.45) is 6.84. The third-order valence-electron chi connectivity index (χ3n) is 2.89. The predicted molar refractivity (Wildman–Crippen MR) is 67.7 cm³/mol. The molecule has 3 heterocycles. The van der Waals surface area contributed by atoms with Gasteiger partial charge in [-0.15, -0.1) is 0 Å². The topological polar surface area (TPSA) is 107 Å². The molecule has 92 valence electrons. The van der Waals surface area contributed by atoms with Gasteiger partial charge in [0.2, 0.25) is 0 Å². The Balaban J connectivity index is 2.23. The van der Waals surface area contributed by atoms with E-state index in [1.165, 1.54) is 0 Å². The molecule has 2 aromatic rings. The molecule has 0 amide bonds. The van der Waals surface area contributed by atoms with Crippen molar-refractivity contribution in [3.63, 3.8) is 0 Å². The molecule has 0 fully saturated rings. The van der Waals surface area contributed by atoms with Crippen LogP contribution in [0.25, 0.3) is 0 Å². The zero-order valence-electron chi connectivity index (χ0n) is 9.83. The van der Waals surface area contributed by atoms with Crippen molar-refractivity contribution in [1.82, 2.24) is 14.5 Å². The summed E-state index contributed by atoms with van der Waals surface area (Å²) >= 11 is 0. The zero-order valence-corrected chi connectivity index (χ0v) is 9.83. The first-order chi connectivity index (χ1) is 8.59. The van der Waals surface area contributed by atoms with Crippen LogP contribution < -0.4 is 16.8 Å². The first-order valence-electron chi connectivity index (χ1n) is 5.44. The van der Waals surface area contributed by atoms with Crippen LogP contribution in [0, 0.1) is 0 Å². The summed E-state index contributed by atoms with van der Waals surface area (Å²) in [5.41, 5.74) is 13.3. The monoisotopic (exact) mass is 243 g/mol. The van der Waals surface area contributed by atoms with Crippen LogP contribution in [0.15, 0.2) is 36.0 Å². The van der Waals surface area contributed by atoms with Gasteiger partial charge in [-0.1, -0.05) is 0 Å². The molecule has 1 unspecified atom stereocenters. The van der Waals surface area contributed by atoms with Crippen molar-refractivity contribution < 1.29 is 0 Å². The Morgan fingerprint density at radius 3 is 3.00 bits per heavy atom. The number of nitrogens with two attached hydrogens (primary N) is 2. The maximum absolute atomic E-state index is 6.38. The van der Waals surface area contributed by atoms with E-state index in [0.29, 0.717) is 5.69 Å². The molecule has 7 heteroatoms. The first kappa shape index (κ1) is 10.7. The van der Waals surface area contributed by atoms with Gasteiger partial charge in [0.05, 0.1) is 18.2 Å². The number of anilines is 1. The number of hydrogen-bond acceptors (Lipinski definition) is 6. The number of hydrogen-bond donors (Lipinski definition) is 3. The summed E-state index contributed by atoms with van der Waals surface area (Å²) in [5.74, 6) is 0.253. The van der Waals surface area contributed by atoms with Gasteiger partial charge in [0.1, 0.15) is 5.69 Å². The molecule has 0 radical (unpaired) electrons. The van der Waals surface area contributed by atoms with Crippen molar-refractivity contribution in [1.29, 1.82) is 0 Å². The van der Waals surface area contributed by atoms with Crippen molar-refractivity contribution in [3.05, 3.63) is 42.2 Å². The minimum Gasteiger partial charge on any atom is -0.370 e. The standard InChI is InChI=1S/C11H13N7/c1-18-5-9(15-6-18)11(13)7-2-3-14-4-8(7)16-10(12)17-11/h2-6H,13H2,1H3,(H3,12,16,17). The fraction of sp³-hybridized carbons (Fsp3) is 0.182. The SMILES string of the molecule is Cn1cnc(C2(N)N=C(N)Nc3cnccc32)c1. The first-order valence-corrected chi connectivity index (χ1v) is 5.44. The van der Waals surface area contributed by atoms with E-state index in [1.807, 2.05) is 23.9 Å². The Labute approximate surface area is 104 Å². The lowest BCUT2D eigenvalue weighted by atomic mass is 9.96. The van der Waals surface area contributed by atoms with E-state index in [9.17, 15) is 0 Å². The summed E-state index contributed by atoms with van der Waals surface area (Å²) in [7, 11) is 1.88. The van der Waals surface area contributed by atoms with Crippen molar-refractivity contribution in [2.24, 2.45) is 23.5 Å². The average molecular weight is 243 g/mol. The minimum atomic E-state index is -1.07. The number of nitrogens with zero attached hydrogens (tertiary/aromatic N) is 4. The molecule has 18 heavy (non-hydrogen) atoms. The Morgan fingerprint density at radius 1 is 1.44 bits per heavy atom. The van der Waals surface area contributed by atoms with E-state index in [4.69, 9.17) is 11.5 Å². The number of nitrogens with one attached hydrogen (secondary N) is 1. The Hall–Kier alpha value is -2.41. The second-order valence-corrected chi connectivity index (χ2v) is 4.23. The summed E-state index contributed by atoms with van der Waals surface area (Å²) in [5, 5.41) is 2.94. The zero-order chi connectivity index (χ0) is 12.8. The van der Waals surface area contributed by atoms with Crippen molar-refractivity contribution in [3.8, 4) is 0 Å². The lowest BCUT2D eigenvalue weighted by Gasteiger charge is -2.30. The summed E-state index contributed by atoms with van der Waals surface area (Å²) in [6, 6.07) is 1.81. The maximum Gasteiger partial charge on any atom is 0.195 e. The lowest BCUT2D eigenvalue weighted by Crippen LogP contribution is -2.44. The normalized spacial score (nSPS) is 22.0. The highest BCUT2D eigenvalue weighted by atomic mass is 15.2. The minimum absolute atomic E-state index is 0.253. The van der Waals surface area contributed by atoms with Gasteiger partial charge >= 0.3 is 0 Å². The van der Waals surface area contributed by atoms with Crippen LogP contribution in [0.2, 0.25) is 0 Å². The van der Waals surface area contributed by atoms with Gasteiger partial charge in [-0.2, -0.15) is 0 Å². The fourth-order valence-electron chi connectivity index (χ4n) is 2.05. The Kier molecular flexibility index (Phi) is 2.11. The van der Waals surface area contributed by atoms with Crippen LogP contribution in [0.4, 0.5) is 5.69 Å². The molecule has 1 aliphatic rings.